The smallest absolute Gasteiger partial charge is 0.323 e. The maximum absolute atomic E-state index is 12.9. The molecule has 0 saturated heterocycles. The molecule has 9 nitrogen and oxygen atoms in total. The molecule has 162 valence electrons. The number of aryl methyl sites for hydroxylation is 1. The standard InChI is InChI=1S/C19H24ClN5O4S/c1-2-3-7-12-24-16-15(22-18(20)23-16)17(26)25(19(24)27)13-8-11-21-30(28,29)14-9-5-4-6-10-14/h4-6,9-10,21H,2-3,7-8,11-13H2,1H3,(H,22,23). The molecule has 0 unspecified atom stereocenters. The van der Waals surface area contributed by atoms with Gasteiger partial charge in [-0.1, -0.05) is 38.0 Å². The number of nitrogens with zero attached hydrogens (tertiary/aromatic N) is 3. The molecule has 0 amide bonds. The molecule has 11 heteroatoms. The van der Waals surface area contributed by atoms with Gasteiger partial charge >= 0.3 is 5.69 Å². The van der Waals surface area contributed by atoms with Crippen LogP contribution >= 0.6 is 11.6 Å². The van der Waals surface area contributed by atoms with Gasteiger partial charge in [0.2, 0.25) is 15.3 Å². The lowest BCUT2D eigenvalue weighted by Crippen LogP contribution is -2.41. The number of halogens is 1. The van der Waals surface area contributed by atoms with E-state index >= 15 is 0 Å². The first kappa shape index (κ1) is 22.3. The summed E-state index contributed by atoms with van der Waals surface area (Å²) in [5.74, 6) is 0. The van der Waals surface area contributed by atoms with Crippen molar-refractivity contribution in [2.75, 3.05) is 6.54 Å². The van der Waals surface area contributed by atoms with Crippen LogP contribution in [0.4, 0.5) is 0 Å². The third kappa shape index (κ3) is 4.82. The zero-order valence-electron chi connectivity index (χ0n) is 16.6. The molecule has 0 aliphatic carbocycles. The molecule has 0 aliphatic heterocycles. The molecule has 3 rings (SSSR count). The second-order valence-corrected chi connectivity index (χ2v) is 9.01. The first-order chi connectivity index (χ1) is 14.3. The number of imidazole rings is 1. The van der Waals surface area contributed by atoms with Crippen LogP contribution < -0.4 is 16.0 Å². The number of nitrogens with one attached hydrogen (secondary N) is 2. The van der Waals surface area contributed by atoms with Gasteiger partial charge in [0.15, 0.2) is 11.2 Å². The van der Waals surface area contributed by atoms with E-state index < -0.39 is 21.3 Å². The highest BCUT2D eigenvalue weighted by Gasteiger charge is 2.17. The van der Waals surface area contributed by atoms with Gasteiger partial charge in [0.1, 0.15) is 0 Å². The molecule has 2 heterocycles. The van der Waals surface area contributed by atoms with Gasteiger partial charge in [-0.15, -0.1) is 0 Å². The fourth-order valence-electron chi connectivity index (χ4n) is 3.18. The summed E-state index contributed by atoms with van der Waals surface area (Å²) in [4.78, 5) is 32.6. The molecule has 0 bridgehead atoms. The van der Waals surface area contributed by atoms with Crippen LogP contribution in [0.5, 0.6) is 0 Å². The lowest BCUT2D eigenvalue weighted by molar-refractivity contribution is 0.521. The van der Waals surface area contributed by atoms with Crippen molar-refractivity contribution >= 4 is 32.8 Å². The third-order valence-electron chi connectivity index (χ3n) is 4.72. The molecule has 30 heavy (non-hydrogen) atoms. The number of benzene rings is 1. The lowest BCUT2D eigenvalue weighted by atomic mass is 10.2. The Labute approximate surface area is 178 Å². The van der Waals surface area contributed by atoms with E-state index in [1.54, 1.807) is 18.2 Å². The van der Waals surface area contributed by atoms with Crippen molar-refractivity contribution in [3.8, 4) is 0 Å². The summed E-state index contributed by atoms with van der Waals surface area (Å²) in [6, 6.07) is 8.00. The Hall–Kier alpha value is -2.43. The summed E-state index contributed by atoms with van der Waals surface area (Å²) in [6.07, 6.45) is 2.96. The first-order valence-electron chi connectivity index (χ1n) is 9.78. The SMILES string of the molecule is CCCCCn1c(=O)n(CCCNS(=O)(=O)c2ccccc2)c(=O)c2[nH]c(Cl)nc21. The van der Waals surface area contributed by atoms with Crippen LogP contribution in [0.1, 0.15) is 32.6 Å². The molecule has 3 aromatic rings. The Bertz CT molecular complexity index is 1230. The molecule has 0 atom stereocenters. The fraction of sp³-hybridized carbons (Fsp3) is 0.421. The van der Waals surface area contributed by atoms with Crippen LogP contribution in [0.15, 0.2) is 44.8 Å². The number of aromatic amines is 1. The number of H-pyrrole nitrogens is 1. The summed E-state index contributed by atoms with van der Waals surface area (Å²) in [6.45, 7) is 2.63. The summed E-state index contributed by atoms with van der Waals surface area (Å²) in [5.41, 5.74) is -0.585. The van der Waals surface area contributed by atoms with Crippen LogP contribution in [0.25, 0.3) is 11.2 Å². The van der Waals surface area contributed by atoms with Crippen molar-refractivity contribution in [2.45, 2.75) is 50.6 Å². The van der Waals surface area contributed by atoms with Gasteiger partial charge in [0, 0.05) is 19.6 Å². The monoisotopic (exact) mass is 453 g/mol. The van der Waals surface area contributed by atoms with E-state index in [9.17, 15) is 18.0 Å². The lowest BCUT2D eigenvalue weighted by Gasteiger charge is -2.11. The number of unbranched alkanes of at least 4 members (excludes halogenated alkanes) is 2. The maximum atomic E-state index is 12.9. The van der Waals surface area contributed by atoms with Gasteiger partial charge in [0.05, 0.1) is 4.90 Å². The van der Waals surface area contributed by atoms with Gasteiger partial charge in [-0.05, 0) is 36.6 Å². The first-order valence-corrected chi connectivity index (χ1v) is 11.6. The largest absolute Gasteiger partial charge is 0.332 e. The average molecular weight is 454 g/mol. The predicted octanol–water partition coefficient (Wildman–Crippen LogP) is 2.10. The second-order valence-electron chi connectivity index (χ2n) is 6.89. The van der Waals surface area contributed by atoms with Gasteiger partial charge in [0.25, 0.3) is 5.56 Å². The Morgan fingerprint density at radius 3 is 2.47 bits per heavy atom. The molecule has 0 saturated carbocycles. The summed E-state index contributed by atoms with van der Waals surface area (Å²) in [7, 11) is -3.64. The molecule has 1 aromatic carbocycles. The highest BCUT2D eigenvalue weighted by atomic mass is 35.5. The zero-order chi connectivity index (χ0) is 21.7. The van der Waals surface area contributed by atoms with Crippen LogP contribution in [-0.4, -0.2) is 34.1 Å². The second kappa shape index (κ2) is 9.59. The summed E-state index contributed by atoms with van der Waals surface area (Å²) in [5, 5.41) is 0.0408. The summed E-state index contributed by atoms with van der Waals surface area (Å²) < 4.78 is 29.6. The maximum Gasteiger partial charge on any atom is 0.332 e. The highest BCUT2D eigenvalue weighted by molar-refractivity contribution is 7.89. The molecular formula is C19H24ClN5O4S. The average Bonchev–Trinajstić information content (AvgIpc) is 3.12. The van der Waals surface area contributed by atoms with Gasteiger partial charge in [-0.2, -0.15) is 4.98 Å². The number of sulfonamides is 1. The van der Waals surface area contributed by atoms with E-state index in [2.05, 4.69) is 21.6 Å². The molecular weight excluding hydrogens is 430 g/mol. The van der Waals surface area contributed by atoms with Crippen molar-refractivity contribution in [1.29, 1.82) is 0 Å². The Kier molecular flexibility index (Phi) is 7.11. The Morgan fingerprint density at radius 2 is 1.77 bits per heavy atom. The van der Waals surface area contributed by atoms with Crippen LogP contribution in [-0.2, 0) is 23.1 Å². The predicted molar refractivity (Wildman–Crippen MR) is 115 cm³/mol. The van der Waals surface area contributed by atoms with Gasteiger partial charge in [-0.25, -0.2) is 17.9 Å². The third-order valence-corrected chi connectivity index (χ3v) is 6.38. The molecule has 0 spiro atoms. The molecule has 0 radical (unpaired) electrons. The Morgan fingerprint density at radius 1 is 1.07 bits per heavy atom. The quantitative estimate of drug-likeness (QED) is 0.360. The van der Waals surface area contributed by atoms with E-state index in [4.69, 9.17) is 11.6 Å². The van der Waals surface area contributed by atoms with Crippen molar-refractivity contribution in [3.05, 3.63) is 56.5 Å². The Balaban J connectivity index is 1.79. The zero-order valence-corrected chi connectivity index (χ0v) is 18.2. The molecule has 0 aliphatic rings. The van der Waals surface area contributed by atoms with E-state index in [0.29, 0.717) is 6.54 Å². The van der Waals surface area contributed by atoms with Gasteiger partial charge < -0.3 is 4.98 Å². The molecule has 0 fully saturated rings. The highest BCUT2D eigenvalue weighted by Crippen LogP contribution is 2.11. The number of hydrogen-bond donors (Lipinski definition) is 2. The molecule has 2 N–H and O–H groups in total. The minimum atomic E-state index is -3.64. The van der Waals surface area contributed by atoms with Gasteiger partial charge in [-0.3, -0.25) is 13.9 Å². The van der Waals surface area contributed by atoms with E-state index in [1.807, 2.05) is 0 Å². The van der Waals surface area contributed by atoms with Crippen molar-refractivity contribution in [3.63, 3.8) is 0 Å². The van der Waals surface area contributed by atoms with Crippen molar-refractivity contribution in [2.24, 2.45) is 0 Å². The van der Waals surface area contributed by atoms with Crippen LogP contribution in [0, 0.1) is 0 Å². The van der Waals surface area contributed by atoms with Crippen LogP contribution in [0.3, 0.4) is 0 Å². The fourth-order valence-corrected chi connectivity index (χ4v) is 4.45. The number of rotatable bonds is 10. The van der Waals surface area contributed by atoms with E-state index in [0.717, 1.165) is 23.8 Å². The minimum absolute atomic E-state index is 0.0408. The van der Waals surface area contributed by atoms with Crippen molar-refractivity contribution in [1.82, 2.24) is 23.8 Å². The number of hydrogen-bond acceptors (Lipinski definition) is 5. The van der Waals surface area contributed by atoms with E-state index in [1.165, 1.54) is 16.7 Å². The topological polar surface area (TPSA) is 119 Å². The van der Waals surface area contributed by atoms with Crippen LogP contribution in [0.2, 0.25) is 5.28 Å². The summed E-state index contributed by atoms with van der Waals surface area (Å²) >= 11 is 5.92. The number of fused-ring (bicyclic) bond motifs is 1. The minimum Gasteiger partial charge on any atom is -0.323 e. The van der Waals surface area contributed by atoms with E-state index in [-0.39, 0.29) is 40.9 Å². The number of aromatic nitrogens is 4. The normalized spacial score (nSPS) is 11.9. The van der Waals surface area contributed by atoms with Crippen molar-refractivity contribution < 1.29 is 8.42 Å². The molecule has 2 aromatic heterocycles.